The van der Waals surface area contributed by atoms with Crippen molar-refractivity contribution in [3.8, 4) is 0 Å². The maximum absolute atomic E-state index is 11.7. The van der Waals surface area contributed by atoms with E-state index in [2.05, 4.69) is 19.2 Å². The third-order valence-electron chi connectivity index (χ3n) is 3.39. The van der Waals surface area contributed by atoms with Crippen LogP contribution in [0.15, 0.2) is 0 Å². The number of amides is 3. The number of imide groups is 1. The van der Waals surface area contributed by atoms with E-state index in [9.17, 15) is 19.2 Å². The number of rotatable bonds is 9. The van der Waals surface area contributed by atoms with Gasteiger partial charge < -0.3 is 5.32 Å². The molecule has 0 radical (unpaired) electrons. The van der Waals surface area contributed by atoms with E-state index in [0.717, 1.165) is 11.3 Å². The molecule has 0 saturated carbocycles. The summed E-state index contributed by atoms with van der Waals surface area (Å²) in [5.74, 6) is -0.243. The molecule has 0 spiro atoms. The van der Waals surface area contributed by atoms with Gasteiger partial charge in [-0.05, 0) is 18.8 Å². The smallest absolute Gasteiger partial charge is 0.230 e. The second-order valence-corrected chi connectivity index (χ2v) is 5.80. The average Bonchev–Trinajstić information content (AvgIpc) is 2.70. The van der Waals surface area contributed by atoms with Crippen molar-refractivity contribution < 1.29 is 19.2 Å². The largest absolute Gasteiger partial charge is 0.356 e. The summed E-state index contributed by atoms with van der Waals surface area (Å²) in [7, 11) is 0. The molecule has 0 atom stereocenters. The van der Waals surface area contributed by atoms with E-state index in [1.807, 2.05) is 0 Å². The number of Topliss-reactive ketones (excluding diaryl/α,β-unsaturated/α-hetero) is 1. The Morgan fingerprint density at radius 1 is 1.14 bits per heavy atom. The maximum Gasteiger partial charge on any atom is 0.230 e. The highest BCUT2D eigenvalue weighted by atomic mass is 16.2. The van der Waals surface area contributed by atoms with E-state index in [1.54, 1.807) is 0 Å². The van der Waals surface area contributed by atoms with Gasteiger partial charge in [0.05, 0.1) is 6.54 Å². The van der Waals surface area contributed by atoms with Crippen molar-refractivity contribution in [2.75, 3.05) is 13.1 Å². The molecule has 0 bridgehead atoms. The number of nitrogens with one attached hydrogen (secondary N) is 1. The minimum Gasteiger partial charge on any atom is -0.356 e. The van der Waals surface area contributed by atoms with Crippen molar-refractivity contribution in [2.45, 2.75) is 52.4 Å². The van der Waals surface area contributed by atoms with Crippen LogP contribution in [0, 0.1) is 5.92 Å². The molecule has 1 saturated heterocycles. The molecule has 0 aromatic carbocycles. The first kappa shape index (κ1) is 17.3. The lowest BCUT2D eigenvalue weighted by molar-refractivity contribution is -0.142. The van der Waals surface area contributed by atoms with Crippen LogP contribution in [0.2, 0.25) is 0 Å². The van der Waals surface area contributed by atoms with Crippen LogP contribution in [0.25, 0.3) is 0 Å². The molecule has 0 unspecified atom stereocenters. The van der Waals surface area contributed by atoms with Crippen LogP contribution in [0.1, 0.15) is 52.4 Å². The van der Waals surface area contributed by atoms with E-state index in [0.29, 0.717) is 25.3 Å². The highest BCUT2D eigenvalue weighted by Gasteiger charge is 2.30. The summed E-state index contributed by atoms with van der Waals surface area (Å²) in [6.45, 7) is 4.69. The highest BCUT2D eigenvalue weighted by molar-refractivity contribution is 6.04. The number of carbonyl (C=O) groups is 4. The summed E-state index contributed by atoms with van der Waals surface area (Å²) in [6, 6.07) is 0. The van der Waals surface area contributed by atoms with E-state index in [1.165, 1.54) is 0 Å². The minimum absolute atomic E-state index is 0.0585. The second kappa shape index (κ2) is 8.54. The van der Waals surface area contributed by atoms with Crippen molar-refractivity contribution >= 4 is 23.5 Å². The molecule has 21 heavy (non-hydrogen) atoms. The molecule has 6 heteroatoms. The Bertz CT molecular complexity index is 402. The molecule has 1 aliphatic heterocycles. The number of likely N-dealkylation sites (tertiary alicyclic amines) is 1. The predicted molar refractivity (Wildman–Crippen MR) is 77.3 cm³/mol. The van der Waals surface area contributed by atoms with Gasteiger partial charge in [-0.3, -0.25) is 24.1 Å². The molecule has 1 fully saturated rings. The van der Waals surface area contributed by atoms with E-state index >= 15 is 0 Å². The van der Waals surface area contributed by atoms with Gasteiger partial charge in [-0.15, -0.1) is 0 Å². The Morgan fingerprint density at radius 3 is 2.33 bits per heavy atom. The summed E-state index contributed by atoms with van der Waals surface area (Å²) >= 11 is 0. The molecule has 3 amide bonds. The van der Waals surface area contributed by atoms with Gasteiger partial charge in [-0.2, -0.15) is 0 Å². The molecule has 118 valence electrons. The summed E-state index contributed by atoms with van der Waals surface area (Å²) in [6.07, 6.45) is 2.29. The number of carbonyl (C=O) groups excluding carboxylic acids is 4. The van der Waals surface area contributed by atoms with Gasteiger partial charge in [0, 0.05) is 32.2 Å². The number of hydrogen-bond donors (Lipinski definition) is 1. The van der Waals surface area contributed by atoms with Crippen molar-refractivity contribution in [3.63, 3.8) is 0 Å². The van der Waals surface area contributed by atoms with Gasteiger partial charge in [0.2, 0.25) is 17.7 Å². The zero-order valence-electron chi connectivity index (χ0n) is 12.8. The van der Waals surface area contributed by atoms with Gasteiger partial charge >= 0.3 is 0 Å². The standard InChI is InChI=1S/C15H24N2O4/c1-11(2)8-9-16-13(19)5-3-4-12(18)10-17-14(20)6-7-15(17)21/h11H,3-10H2,1-2H3,(H,16,19). The van der Waals surface area contributed by atoms with Crippen molar-refractivity contribution in [3.05, 3.63) is 0 Å². The van der Waals surface area contributed by atoms with Gasteiger partial charge in [0.1, 0.15) is 0 Å². The van der Waals surface area contributed by atoms with Crippen LogP contribution >= 0.6 is 0 Å². The zero-order chi connectivity index (χ0) is 15.8. The monoisotopic (exact) mass is 296 g/mol. The molecular formula is C15H24N2O4. The Labute approximate surface area is 125 Å². The molecule has 6 nitrogen and oxygen atoms in total. The van der Waals surface area contributed by atoms with Gasteiger partial charge in [0.15, 0.2) is 5.78 Å². The maximum atomic E-state index is 11.7. The van der Waals surface area contributed by atoms with Crippen molar-refractivity contribution in [1.82, 2.24) is 10.2 Å². The average molecular weight is 296 g/mol. The normalized spacial score (nSPS) is 14.9. The summed E-state index contributed by atoms with van der Waals surface area (Å²) in [5.41, 5.74) is 0. The van der Waals surface area contributed by atoms with Gasteiger partial charge in [-0.25, -0.2) is 0 Å². The fraction of sp³-hybridized carbons (Fsp3) is 0.733. The first-order chi connectivity index (χ1) is 9.90. The first-order valence-corrected chi connectivity index (χ1v) is 7.51. The summed E-state index contributed by atoms with van der Waals surface area (Å²) in [5, 5.41) is 2.81. The third kappa shape index (κ3) is 6.51. The SMILES string of the molecule is CC(C)CCNC(=O)CCCC(=O)CN1C(=O)CCC1=O. The lowest BCUT2D eigenvalue weighted by atomic mass is 10.1. The van der Waals surface area contributed by atoms with Crippen LogP contribution in [0.5, 0.6) is 0 Å². The van der Waals surface area contributed by atoms with Crippen LogP contribution in [0.4, 0.5) is 0 Å². The molecule has 1 N–H and O–H groups in total. The van der Waals surface area contributed by atoms with Gasteiger partial charge in [-0.1, -0.05) is 13.8 Å². The van der Waals surface area contributed by atoms with E-state index < -0.39 is 0 Å². The molecule has 0 aromatic rings. The van der Waals surface area contributed by atoms with Gasteiger partial charge in [0.25, 0.3) is 0 Å². The quantitative estimate of drug-likeness (QED) is 0.644. The number of nitrogens with zero attached hydrogens (tertiary/aromatic N) is 1. The third-order valence-corrected chi connectivity index (χ3v) is 3.39. The van der Waals surface area contributed by atoms with Crippen LogP contribution in [-0.4, -0.2) is 41.5 Å². The Morgan fingerprint density at radius 2 is 1.76 bits per heavy atom. The summed E-state index contributed by atoms with van der Waals surface area (Å²) < 4.78 is 0. The first-order valence-electron chi connectivity index (χ1n) is 7.51. The Hall–Kier alpha value is -1.72. The van der Waals surface area contributed by atoms with Crippen molar-refractivity contribution in [2.24, 2.45) is 5.92 Å². The number of hydrogen-bond acceptors (Lipinski definition) is 4. The second-order valence-electron chi connectivity index (χ2n) is 5.80. The molecule has 1 heterocycles. The van der Waals surface area contributed by atoms with E-state index in [-0.39, 0.29) is 49.3 Å². The van der Waals surface area contributed by atoms with E-state index in [4.69, 9.17) is 0 Å². The molecular weight excluding hydrogens is 272 g/mol. The van der Waals surface area contributed by atoms with Crippen LogP contribution < -0.4 is 5.32 Å². The molecule has 0 aliphatic carbocycles. The van der Waals surface area contributed by atoms with Crippen molar-refractivity contribution in [1.29, 1.82) is 0 Å². The zero-order valence-corrected chi connectivity index (χ0v) is 12.8. The predicted octanol–water partition coefficient (Wildman–Crippen LogP) is 1.04. The van der Waals surface area contributed by atoms with Crippen LogP contribution in [0.3, 0.4) is 0 Å². The lowest BCUT2D eigenvalue weighted by Gasteiger charge is -2.12. The van der Waals surface area contributed by atoms with Crippen LogP contribution in [-0.2, 0) is 19.2 Å². The minimum atomic E-state index is -0.278. The molecule has 1 aliphatic rings. The highest BCUT2D eigenvalue weighted by Crippen LogP contribution is 2.12. The fourth-order valence-electron chi connectivity index (χ4n) is 2.09. The molecule has 1 rings (SSSR count). The Balaban J connectivity index is 2.14. The molecule has 0 aromatic heterocycles. The fourth-order valence-corrected chi connectivity index (χ4v) is 2.09. The number of ketones is 1. The Kier molecular flexibility index (Phi) is 7.05. The topological polar surface area (TPSA) is 83.6 Å². The summed E-state index contributed by atoms with van der Waals surface area (Å²) in [4.78, 5) is 47.0. The lowest BCUT2D eigenvalue weighted by Crippen LogP contribution is -2.34.